The Balaban J connectivity index is 1.65. The molecule has 2 bridgehead atoms. The smallest absolute Gasteiger partial charge is 0.310 e. The summed E-state index contributed by atoms with van der Waals surface area (Å²) < 4.78 is 18.2. The average molecular weight is 291 g/mol. The monoisotopic (exact) mass is 291 g/mol. The quantitative estimate of drug-likeness (QED) is 0.848. The highest BCUT2D eigenvalue weighted by molar-refractivity contribution is 5.74. The Morgan fingerprint density at radius 1 is 1.29 bits per heavy atom. The van der Waals surface area contributed by atoms with Gasteiger partial charge < -0.3 is 10.1 Å². The standard InChI is InChI=1S/C17H22FNO2/c1-2-21-17(20)15-12-5-6-13(9-12)16(15)19-10-11-3-7-14(18)8-4-11/h3-4,7-8,12-13,15-16,19H,2,5-6,9-10H2,1H3/t12-,13-,15+,16-/m0/s1. The molecule has 4 heteroatoms. The third kappa shape index (κ3) is 2.95. The van der Waals surface area contributed by atoms with E-state index in [4.69, 9.17) is 4.74 Å². The first kappa shape index (κ1) is 14.5. The van der Waals surface area contributed by atoms with E-state index < -0.39 is 0 Å². The number of carbonyl (C=O) groups is 1. The van der Waals surface area contributed by atoms with Gasteiger partial charge in [-0.05, 0) is 55.7 Å². The Morgan fingerprint density at radius 2 is 2.00 bits per heavy atom. The van der Waals surface area contributed by atoms with Gasteiger partial charge in [-0.2, -0.15) is 0 Å². The van der Waals surface area contributed by atoms with Gasteiger partial charge in [0.15, 0.2) is 0 Å². The van der Waals surface area contributed by atoms with E-state index in [9.17, 15) is 9.18 Å². The first-order valence-electron chi connectivity index (χ1n) is 7.83. The van der Waals surface area contributed by atoms with Crippen molar-refractivity contribution in [2.75, 3.05) is 6.61 Å². The highest BCUT2D eigenvalue weighted by Gasteiger charge is 2.51. The van der Waals surface area contributed by atoms with Crippen molar-refractivity contribution in [3.63, 3.8) is 0 Å². The van der Waals surface area contributed by atoms with Gasteiger partial charge in [-0.1, -0.05) is 12.1 Å². The summed E-state index contributed by atoms with van der Waals surface area (Å²) in [5.41, 5.74) is 1.04. The van der Waals surface area contributed by atoms with E-state index in [2.05, 4.69) is 5.32 Å². The van der Waals surface area contributed by atoms with E-state index in [1.54, 1.807) is 12.1 Å². The molecule has 0 unspecified atom stereocenters. The van der Waals surface area contributed by atoms with Crippen molar-refractivity contribution >= 4 is 5.97 Å². The van der Waals surface area contributed by atoms with Crippen LogP contribution in [-0.2, 0) is 16.1 Å². The van der Waals surface area contributed by atoms with Crippen molar-refractivity contribution < 1.29 is 13.9 Å². The van der Waals surface area contributed by atoms with Crippen LogP contribution in [0.15, 0.2) is 24.3 Å². The lowest BCUT2D eigenvalue weighted by atomic mass is 9.84. The first-order chi connectivity index (χ1) is 10.2. The topological polar surface area (TPSA) is 38.3 Å². The van der Waals surface area contributed by atoms with Crippen LogP contribution in [0.5, 0.6) is 0 Å². The maximum Gasteiger partial charge on any atom is 0.310 e. The molecule has 1 aromatic rings. The molecule has 2 fully saturated rings. The zero-order valence-electron chi connectivity index (χ0n) is 12.3. The second-order valence-corrected chi connectivity index (χ2v) is 6.14. The SMILES string of the molecule is CCOC(=O)[C@@H]1[C@H]2CC[C@@H](C2)[C@@H]1NCc1ccc(F)cc1. The number of hydrogen-bond donors (Lipinski definition) is 1. The molecule has 0 aromatic heterocycles. The van der Waals surface area contributed by atoms with Gasteiger partial charge in [0, 0.05) is 12.6 Å². The lowest BCUT2D eigenvalue weighted by Crippen LogP contribution is -2.44. The van der Waals surface area contributed by atoms with Crippen LogP contribution in [0.4, 0.5) is 4.39 Å². The molecule has 4 atom stereocenters. The minimum Gasteiger partial charge on any atom is -0.466 e. The lowest BCUT2D eigenvalue weighted by Gasteiger charge is -2.30. The third-order valence-corrected chi connectivity index (χ3v) is 4.93. The molecule has 3 rings (SSSR count). The molecule has 114 valence electrons. The van der Waals surface area contributed by atoms with Crippen molar-refractivity contribution in [2.45, 2.75) is 38.8 Å². The third-order valence-electron chi connectivity index (χ3n) is 4.93. The molecule has 3 nitrogen and oxygen atoms in total. The number of halogens is 1. The average Bonchev–Trinajstić information content (AvgIpc) is 3.07. The van der Waals surface area contributed by atoms with Crippen molar-refractivity contribution in [3.8, 4) is 0 Å². The fraction of sp³-hybridized carbons (Fsp3) is 0.588. The van der Waals surface area contributed by atoms with Crippen molar-refractivity contribution in [1.82, 2.24) is 5.32 Å². The van der Waals surface area contributed by atoms with Gasteiger partial charge in [0.2, 0.25) is 0 Å². The van der Waals surface area contributed by atoms with Crippen molar-refractivity contribution in [3.05, 3.63) is 35.6 Å². The summed E-state index contributed by atoms with van der Waals surface area (Å²) in [6.07, 6.45) is 3.47. The number of rotatable bonds is 5. The number of carbonyl (C=O) groups excluding carboxylic acids is 1. The maximum absolute atomic E-state index is 12.9. The summed E-state index contributed by atoms with van der Waals surface area (Å²) in [6, 6.07) is 6.72. The van der Waals surface area contributed by atoms with Crippen LogP contribution in [-0.4, -0.2) is 18.6 Å². The molecule has 0 heterocycles. The summed E-state index contributed by atoms with van der Waals surface area (Å²) in [7, 11) is 0. The molecular formula is C17H22FNO2. The number of esters is 1. The molecule has 1 aromatic carbocycles. The fourth-order valence-corrected chi connectivity index (χ4v) is 4.00. The Morgan fingerprint density at radius 3 is 2.71 bits per heavy atom. The molecular weight excluding hydrogens is 269 g/mol. The summed E-state index contributed by atoms with van der Waals surface area (Å²) >= 11 is 0. The highest BCUT2D eigenvalue weighted by atomic mass is 19.1. The predicted molar refractivity (Wildman–Crippen MR) is 78.0 cm³/mol. The number of ether oxygens (including phenoxy) is 1. The van der Waals surface area contributed by atoms with E-state index >= 15 is 0 Å². The summed E-state index contributed by atoms with van der Waals surface area (Å²) in [5.74, 6) is 0.762. The van der Waals surface area contributed by atoms with Crippen LogP contribution >= 0.6 is 0 Å². The zero-order valence-corrected chi connectivity index (χ0v) is 12.3. The van der Waals surface area contributed by atoms with Gasteiger partial charge in [-0.15, -0.1) is 0 Å². The summed E-state index contributed by atoms with van der Waals surface area (Å²) in [6.45, 7) is 2.97. The van der Waals surface area contributed by atoms with Crippen LogP contribution < -0.4 is 5.32 Å². The second-order valence-electron chi connectivity index (χ2n) is 6.14. The molecule has 0 aliphatic heterocycles. The summed E-state index contributed by atoms with van der Waals surface area (Å²) in [4.78, 5) is 12.2. The molecule has 0 radical (unpaired) electrons. The Kier molecular flexibility index (Phi) is 4.24. The van der Waals surface area contributed by atoms with Crippen LogP contribution in [0.1, 0.15) is 31.7 Å². The molecule has 0 spiro atoms. The zero-order chi connectivity index (χ0) is 14.8. The van der Waals surface area contributed by atoms with Gasteiger partial charge in [0.25, 0.3) is 0 Å². The number of nitrogens with one attached hydrogen (secondary N) is 1. The van der Waals surface area contributed by atoms with Crippen LogP contribution in [0.2, 0.25) is 0 Å². The maximum atomic E-state index is 12.9. The van der Waals surface area contributed by atoms with Crippen molar-refractivity contribution in [2.24, 2.45) is 17.8 Å². The highest BCUT2D eigenvalue weighted by Crippen LogP contribution is 2.49. The van der Waals surface area contributed by atoms with E-state index in [-0.39, 0.29) is 23.7 Å². The van der Waals surface area contributed by atoms with Crippen molar-refractivity contribution in [1.29, 1.82) is 0 Å². The first-order valence-corrected chi connectivity index (χ1v) is 7.83. The Hall–Kier alpha value is -1.42. The van der Waals surface area contributed by atoms with E-state index in [0.29, 0.717) is 25.0 Å². The predicted octanol–water partition coefficient (Wildman–Crippen LogP) is 2.89. The van der Waals surface area contributed by atoms with Crippen LogP contribution in [0.25, 0.3) is 0 Å². The normalized spacial score (nSPS) is 30.6. The molecule has 0 amide bonds. The molecule has 2 saturated carbocycles. The van der Waals surface area contributed by atoms with E-state index in [1.807, 2.05) is 6.92 Å². The Bertz CT molecular complexity index is 502. The van der Waals surface area contributed by atoms with E-state index in [1.165, 1.54) is 18.6 Å². The second kappa shape index (κ2) is 6.14. The van der Waals surface area contributed by atoms with E-state index in [0.717, 1.165) is 18.4 Å². The number of benzene rings is 1. The molecule has 2 aliphatic rings. The van der Waals surface area contributed by atoms with Crippen LogP contribution in [0, 0.1) is 23.6 Å². The summed E-state index contributed by atoms with van der Waals surface area (Å²) in [5, 5.41) is 3.51. The molecule has 2 aliphatic carbocycles. The van der Waals surface area contributed by atoms with Gasteiger partial charge in [0.1, 0.15) is 5.82 Å². The molecule has 21 heavy (non-hydrogen) atoms. The molecule has 0 saturated heterocycles. The van der Waals surface area contributed by atoms with Gasteiger partial charge >= 0.3 is 5.97 Å². The van der Waals surface area contributed by atoms with Crippen LogP contribution in [0.3, 0.4) is 0 Å². The lowest BCUT2D eigenvalue weighted by molar-refractivity contribution is -0.150. The minimum absolute atomic E-state index is 0.0100. The van der Waals surface area contributed by atoms with Gasteiger partial charge in [-0.25, -0.2) is 4.39 Å². The Labute approximate surface area is 124 Å². The largest absolute Gasteiger partial charge is 0.466 e. The fourth-order valence-electron chi connectivity index (χ4n) is 4.00. The van der Waals surface area contributed by atoms with Gasteiger partial charge in [-0.3, -0.25) is 4.79 Å². The molecule has 1 N–H and O–H groups in total. The number of hydrogen-bond acceptors (Lipinski definition) is 3. The number of fused-ring (bicyclic) bond motifs is 2. The van der Waals surface area contributed by atoms with Gasteiger partial charge in [0.05, 0.1) is 12.5 Å². The minimum atomic E-state index is -0.219.